The third kappa shape index (κ3) is 4.91. The standard InChI is InChI=1S/C23H29N3O2/c1-3-5-14-25-22(24)16-6-8-17(9-7-16)23(27)26-19-11-13-21-18(15-19)10-12-20(4-2)28-21/h6-9,11,13,15,20H,3-5,10,12,14H2,1-2H3,(H2,24,25)(H,26,27). The molecule has 28 heavy (non-hydrogen) atoms. The monoisotopic (exact) mass is 379 g/mol. The number of nitrogens with two attached hydrogens (primary N) is 1. The number of fused-ring (bicyclic) bond motifs is 1. The quantitative estimate of drug-likeness (QED) is 0.421. The van der Waals surface area contributed by atoms with Crippen LogP contribution < -0.4 is 15.8 Å². The minimum atomic E-state index is -0.142. The van der Waals surface area contributed by atoms with Crippen LogP contribution in [0, 0.1) is 0 Å². The summed E-state index contributed by atoms with van der Waals surface area (Å²) in [5, 5.41) is 2.97. The minimum absolute atomic E-state index is 0.142. The molecule has 2 aromatic rings. The van der Waals surface area contributed by atoms with Gasteiger partial charge in [0, 0.05) is 23.4 Å². The number of benzene rings is 2. The summed E-state index contributed by atoms with van der Waals surface area (Å²) < 4.78 is 5.96. The Morgan fingerprint density at radius 1 is 1.18 bits per heavy atom. The fraction of sp³-hybridized carbons (Fsp3) is 0.391. The van der Waals surface area contributed by atoms with Crippen LogP contribution >= 0.6 is 0 Å². The Labute approximate surface area is 167 Å². The lowest BCUT2D eigenvalue weighted by Gasteiger charge is -2.25. The number of nitrogens with one attached hydrogen (secondary N) is 1. The predicted octanol–water partition coefficient (Wildman–Crippen LogP) is 4.55. The molecule has 3 N–H and O–H groups in total. The molecule has 5 nitrogen and oxygen atoms in total. The number of amidine groups is 1. The molecule has 0 aromatic heterocycles. The number of aliphatic imine (C=N–C) groups is 1. The van der Waals surface area contributed by atoms with Gasteiger partial charge < -0.3 is 15.8 Å². The minimum Gasteiger partial charge on any atom is -0.490 e. The zero-order chi connectivity index (χ0) is 19.9. The molecule has 0 bridgehead atoms. The second kappa shape index (κ2) is 9.40. The molecule has 2 aromatic carbocycles. The number of rotatable bonds is 7. The highest BCUT2D eigenvalue weighted by atomic mass is 16.5. The molecular weight excluding hydrogens is 350 g/mol. The van der Waals surface area contributed by atoms with E-state index >= 15 is 0 Å². The molecule has 0 aliphatic carbocycles. The maximum absolute atomic E-state index is 12.6. The van der Waals surface area contributed by atoms with Crippen LogP contribution in [0.4, 0.5) is 5.69 Å². The second-order valence-electron chi connectivity index (χ2n) is 7.16. The van der Waals surface area contributed by atoms with Crippen molar-refractivity contribution in [2.45, 2.75) is 52.1 Å². The Morgan fingerprint density at radius 3 is 2.64 bits per heavy atom. The van der Waals surface area contributed by atoms with E-state index in [0.717, 1.165) is 61.2 Å². The maximum Gasteiger partial charge on any atom is 0.255 e. The lowest BCUT2D eigenvalue weighted by Crippen LogP contribution is -2.21. The van der Waals surface area contributed by atoms with Crippen molar-refractivity contribution < 1.29 is 9.53 Å². The first-order chi connectivity index (χ1) is 13.6. The summed E-state index contributed by atoms with van der Waals surface area (Å²) in [5.41, 5.74) is 9.36. The first kappa shape index (κ1) is 19.9. The average Bonchev–Trinajstić information content (AvgIpc) is 2.73. The van der Waals surface area contributed by atoms with E-state index < -0.39 is 0 Å². The van der Waals surface area contributed by atoms with Crippen molar-refractivity contribution in [3.8, 4) is 5.75 Å². The van der Waals surface area contributed by atoms with Crippen LogP contribution in [-0.2, 0) is 6.42 Å². The van der Waals surface area contributed by atoms with E-state index in [4.69, 9.17) is 10.5 Å². The molecule has 0 spiro atoms. The fourth-order valence-corrected chi connectivity index (χ4v) is 3.25. The van der Waals surface area contributed by atoms with Crippen molar-refractivity contribution in [3.05, 3.63) is 59.2 Å². The molecule has 0 fully saturated rings. The molecule has 1 aliphatic heterocycles. The van der Waals surface area contributed by atoms with E-state index in [1.165, 1.54) is 0 Å². The molecule has 1 heterocycles. The summed E-state index contributed by atoms with van der Waals surface area (Å²) in [6.45, 7) is 4.99. The van der Waals surface area contributed by atoms with Crippen LogP contribution in [-0.4, -0.2) is 24.4 Å². The number of amides is 1. The third-order valence-electron chi connectivity index (χ3n) is 5.04. The highest BCUT2D eigenvalue weighted by Gasteiger charge is 2.18. The highest BCUT2D eigenvalue weighted by molar-refractivity contribution is 6.05. The average molecular weight is 380 g/mol. The lowest BCUT2D eigenvalue weighted by atomic mass is 10.0. The van der Waals surface area contributed by atoms with Crippen molar-refractivity contribution in [1.29, 1.82) is 0 Å². The lowest BCUT2D eigenvalue weighted by molar-refractivity contribution is 0.102. The first-order valence-electron chi connectivity index (χ1n) is 10.1. The summed E-state index contributed by atoms with van der Waals surface area (Å²) in [6, 6.07) is 13.1. The third-order valence-corrected chi connectivity index (χ3v) is 5.04. The molecule has 1 aliphatic rings. The number of anilines is 1. The predicted molar refractivity (Wildman–Crippen MR) is 114 cm³/mol. The number of unbranched alkanes of at least 4 members (excludes halogenated alkanes) is 1. The maximum atomic E-state index is 12.6. The first-order valence-corrected chi connectivity index (χ1v) is 10.1. The topological polar surface area (TPSA) is 76.7 Å². The smallest absolute Gasteiger partial charge is 0.255 e. The number of hydrogen-bond acceptors (Lipinski definition) is 3. The number of hydrogen-bond donors (Lipinski definition) is 2. The summed E-state index contributed by atoms with van der Waals surface area (Å²) in [7, 11) is 0. The molecule has 0 saturated heterocycles. The zero-order valence-corrected chi connectivity index (χ0v) is 16.7. The SMILES string of the molecule is CCCCN=C(N)c1ccc(C(=O)Nc2ccc3c(c2)CCC(CC)O3)cc1. The molecule has 0 saturated carbocycles. The van der Waals surface area contributed by atoms with Crippen LogP contribution in [0.2, 0.25) is 0 Å². The van der Waals surface area contributed by atoms with Gasteiger partial charge in [-0.3, -0.25) is 9.79 Å². The molecule has 148 valence electrons. The molecular formula is C23H29N3O2. The van der Waals surface area contributed by atoms with E-state index in [9.17, 15) is 4.79 Å². The summed E-state index contributed by atoms with van der Waals surface area (Å²) >= 11 is 0. The van der Waals surface area contributed by atoms with Crippen molar-refractivity contribution in [1.82, 2.24) is 0 Å². The molecule has 1 atom stereocenters. The van der Waals surface area contributed by atoms with Gasteiger partial charge in [0.15, 0.2) is 0 Å². The van der Waals surface area contributed by atoms with Gasteiger partial charge >= 0.3 is 0 Å². The zero-order valence-electron chi connectivity index (χ0n) is 16.7. The number of carbonyl (C=O) groups excluding carboxylic acids is 1. The van der Waals surface area contributed by atoms with Crippen LogP contribution in [0.1, 0.15) is 61.0 Å². The Kier molecular flexibility index (Phi) is 6.69. The number of ether oxygens (including phenoxy) is 1. The molecule has 5 heteroatoms. The van der Waals surface area contributed by atoms with Gasteiger partial charge in [-0.15, -0.1) is 0 Å². The Balaban J connectivity index is 1.64. The van der Waals surface area contributed by atoms with Gasteiger partial charge in [-0.05, 0) is 61.6 Å². The van der Waals surface area contributed by atoms with Crippen molar-refractivity contribution in [2.24, 2.45) is 10.7 Å². The Morgan fingerprint density at radius 2 is 1.93 bits per heavy atom. The van der Waals surface area contributed by atoms with Crippen molar-refractivity contribution in [2.75, 3.05) is 11.9 Å². The van der Waals surface area contributed by atoms with Crippen molar-refractivity contribution in [3.63, 3.8) is 0 Å². The van der Waals surface area contributed by atoms with Crippen LogP contribution in [0.25, 0.3) is 0 Å². The Hall–Kier alpha value is -2.82. The van der Waals surface area contributed by atoms with Crippen molar-refractivity contribution >= 4 is 17.4 Å². The number of nitrogens with zero attached hydrogens (tertiary/aromatic N) is 1. The number of carbonyl (C=O) groups is 1. The van der Waals surface area contributed by atoms with E-state index in [1.807, 2.05) is 30.3 Å². The number of aryl methyl sites for hydroxylation is 1. The normalized spacial score (nSPS) is 16.2. The molecule has 3 rings (SSSR count). The van der Waals surface area contributed by atoms with Crippen LogP contribution in [0.5, 0.6) is 5.75 Å². The summed E-state index contributed by atoms with van der Waals surface area (Å²) in [5.74, 6) is 1.30. The van der Waals surface area contributed by atoms with E-state index in [0.29, 0.717) is 17.5 Å². The van der Waals surface area contributed by atoms with Gasteiger partial charge in [-0.2, -0.15) is 0 Å². The Bertz CT molecular complexity index is 843. The second-order valence-corrected chi connectivity index (χ2v) is 7.16. The van der Waals surface area contributed by atoms with Gasteiger partial charge in [-0.1, -0.05) is 32.4 Å². The van der Waals surface area contributed by atoms with Crippen LogP contribution in [0.15, 0.2) is 47.5 Å². The fourth-order valence-electron chi connectivity index (χ4n) is 3.25. The van der Waals surface area contributed by atoms with Gasteiger partial charge in [0.1, 0.15) is 11.6 Å². The van der Waals surface area contributed by atoms with Gasteiger partial charge in [-0.25, -0.2) is 0 Å². The van der Waals surface area contributed by atoms with Gasteiger partial charge in [0.05, 0.1) is 6.10 Å². The van der Waals surface area contributed by atoms with E-state index in [1.54, 1.807) is 12.1 Å². The van der Waals surface area contributed by atoms with E-state index in [2.05, 4.69) is 24.2 Å². The van der Waals surface area contributed by atoms with Gasteiger partial charge in [0.2, 0.25) is 0 Å². The summed E-state index contributed by atoms with van der Waals surface area (Å²) in [6.07, 6.45) is 5.41. The largest absolute Gasteiger partial charge is 0.490 e. The molecule has 0 radical (unpaired) electrons. The van der Waals surface area contributed by atoms with E-state index in [-0.39, 0.29) is 5.91 Å². The summed E-state index contributed by atoms with van der Waals surface area (Å²) in [4.78, 5) is 16.9. The molecule has 1 unspecified atom stereocenters. The van der Waals surface area contributed by atoms with Gasteiger partial charge in [0.25, 0.3) is 5.91 Å². The molecule has 1 amide bonds. The van der Waals surface area contributed by atoms with Crippen LogP contribution in [0.3, 0.4) is 0 Å². The highest BCUT2D eigenvalue weighted by Crippen LogP contribution is 2.31.